The molecule has 1 saturated carbocycles. The zero-order chi connectivity index (χ0) is 15.9. The van der Waals surface area contributed by atoms with Crippen molar-refractivity contribution in [2.24, 2.45) is 11.3 Å². The molecule has 1 saturated heterocycles. The Morgan fingerprint density at radius 2 is 2.22 bits per heavy atom. The van der Waals surface area contributed by atoms with E-state index in [1.54, 1.807) is 23.2 Å². The number of carbonyl (C=O) groups is 1. The van der Waals surface area contributed by atoms with Crippen LogP contribution in [0.1, 0.15) is 22.5 Å². The van der Waals surface area contributed by atoms with E-state index in [0.29, 0.717) is 24.6 Å². The van der Waals surface area contributed by atoms with E-state index in [9.17, 15) is 9.18 Å². The van der Waals surface area contributed by atoms with E-state index in [2.05, 4.69) is 16.8 Å². The van der Waals surface area contributed by atoms with Gasteiger partial charge in [-0.15, -0.1) is 0 Å². The summed E-state index contributed by atoms with van der Waals surface area (Å²) in [5.41, 5.74) is 1.06. The van der Waals surface area contributed by atoms with Crippen LogP contribution < -0.4 is 0 Å². The molecule has 1 aromatic heterocycles. The molecular weight excluding hydrogens is 291 g/mol. The second-order valence-corrected chi connectivity index (χ2v) is 6.22. The van der Waals surface area contributed by atoms with Gasteiger partial charge in [-0.1, -0.05) is 18.1 Å². The highest BCUT2D eigenvalue weighted by Crippen LogP contribution is 2.57. The number of likely N-dealkylation sites (tertiary alicyclic amines) is 1. The first-order valence-electron chi connectivity index (χ1n) is 7.65. The Labute approximate surface area is 134 Å². The van der Waals surface area contributed by atoms with Crippen molar-refractivity contribution in [1.29, 1.82) is 0 Å². The molecule has 2 unspecified atom stereocenters. The first-order chi connectivity index (χ1) is 11.2. The number of rotatable bonds is 1. The van der Waals surface area contributed by atoms with Crippen LogP contribution in [0, 0.1) is 29.0 Å². The topological polar surface area (TPSA) is 33.2 Å². The molecule has 1 aromatic carbocycles. The van der Waals surface area contributed by atoms with Crippen molar-refractivity contribution in [3.63, 3.8) is 0 Å². The van der Waals surface area contributed by atoms with Gasteiger partial charge < -0.3 is 4.90 Å². The van der Waals surface area contributed by atoms with Crippen LogP contribution in [-0.4, -0.2) is 28.9 Å². The second kappa shape index (κ2) is 5.20. The van der Waals surface area contributed by atoms with Gasteiger partial charge in [0.15, 0.2) is 0 Å². The highest BCUT2D eigenvalue weighted by atomic mass is 19.1. The van der Waals surface area contributed by atoms with Gasteiger partial charge in [-0.3, -0.25) is 4.79 Å². The SMILES string of the molecule is O=C(c1cccc(F)c1)N1CC2CC2(C#Cc2ccccn2)C1. The molecule has 2 aliphatic rings. The summed E-state index contributed by atoms with van der Waals surface area (Å²) in [5.74, 6) is 6.36. The minimum absolute atomic E-state index is 0.0967. The minimum Gasteiger partial charge on any atom is -0.337 e. The van der Waals surface area contributed by atoms with Gasteiger partial charge >= 0.3 is 0 Å². The molecule has 4 heteroatoms. The molecule has 23 heavy (non-hydrogen) atoms. The normalized spacial score (nSPS) is 24.6. The number of carbonyl (C=O) groups excluding carboxylic acids is 1. The van der Waals surface area contributed by atoms with Crippen LogP contribution in [0.15, 0.2) is 48.7 Å². The summed E-state index contributed by atoms with van der Waals surface area (Å²) < 4.78 is 13.3. The molecule has 0 bridgehead atoms. The molecule has 1 aliphatic heterocycles. The summed E-state index contributed by atoms with van der Waals surface area (Å²) in [6.45, 7) is 1.32. The highest BCUT2D eigenvalue weighted by molar-refractivity contribution is 5.94. The summed E-state index contributed by atoms with van der Waals surface area (Å²) >= 11 is 0. The van der Waals surface area contributed by atoms with E-state index in [0.717, 1.165) is 12.1 Å². The van der Waals surface area contributed by atoms with Crippen LogP contribution in [0.25, 0.3) is 0 Å². The summed E-state index contributed by atoms with van der Waals surface area (Å²) in [4.78, 5) is 18.5. The van der Waals surface area contributed by atoms with E-state index < -0.39 is 0 Å². The highest BCUT2D eigenvalue weighted by Gasteiger charge is 2.60. The zero-order valence-corrected chi connectivity index (χ0v) is 12.5. The largest absolute Gasteiger partial charge is 0.337 e. The maximum absolute atomic E-state index is 13.3. The lowest BCUT2D eigenvalue weighted by Crippen LogP contribution is -2.31. The molecule has 3 nitrogen and oxygen atoms in total. The summed E-state index contributed by atoms with van der Waals surface area (Å²) in [6.07, 6.45) is 2.75. The third-order valence-electron chi connectivity index (χ3n) is 4.61. The van der Waals surface area contributed by atoms with E-state index >= 15 is 0 Å². The lowest BCUT2D eigenvalue weighted by atomic mass is 10.1. The number of halogens is 1. The van der Waals surface area contributed by atoms with Crippen LogP contribution in [0.2, 0.25) is 0 Å². The zero-order valence-electron chi connectivity index (χ0n) is 12.5. The molecule has 0 spiro atoms. The first kappa shape index (κ1) is 14.0. The van der Waals surface area contributed by atoms with Crippen molar-refractivity contribution in [2.45, 2.75) is 6.42 Å². The van der Waals surface area contributed by atoms with E-state index in [-0.39, 0.29) is 17.1 Å². The third-order valence-corrected chi connectivity index (χ3v) is 4.61. The molecule has 1 aliphatic carbocycles. The number of pyridine rings is 1. The maximum atomic E-state index is 13.3. The van der Waals surface area contributed by atoms with Crippen LogP contribution >= 0.6 is 0 Å². The first-order valence-corrected chi connectivity index (χ1v) is 7.65. The Morgan fingerprint density at radius 3 is 3.00 bits per heavy atom. The number of fused-ring (bicyclic) bond motifs is 1. The maximum Gasteiger partial charge on any atom is 0.254 e. The molecule has 2 heterocycles. The van der Waals surface area contributed by atoms with Crippen molar-refractivity contribution in [3.8, 4) is 11.8 Å². The fourth-order valence-corrected chi connectivity index (χ4v) is 3.26. The monoisotopic (exact) mass is 306 g/mol. The number of aromatic nitrogens is 1. The fourth-order valence-electron chi connectivity index (χ4n) is 3.26. The Hall–Kier alpha value is -2.67. The van der Waals surface area contributed by atoms with Gasteiger partial charge in [0, 0.05) is 24.8 Å². The summed E-state index contributed by atoms with van der Waals surface area (Å²) in [7, 11) is 0. The van der Waals surface area contributed by atoms with Gasteiger partial charge in [-0.25, -0.2) is 9.37 Å². The molecule has 0 N–H and O–H groups in total. The van der Waals surface area contributed by atoms with Crippen molar-refractivity contribution < 1.29 is 9.18 Å². The number of piperidine rings is 1. The van der Waals surface area contributed by atoms with Gasteiger partial charge in [0.2, 0.25) is 0 Å². The van der Waals surface area contributed by atoms with Gasteiger partial charge in [0.25, 0.3) is 5.91 Å². The quantitative estimate of drug-likeness (QED) is 0.759. The van der Waals surface area contributed by atoms with Gasteiger partial charge in [0.1, 0.15) is 11.5 Å². The average molecular weight is 306 g/mol. The third kappa shape index (κ3) is 2.59. The molecular formula is C19H15FN2O. The van der Waals surface area contributed by atoms with Crippen molar-refractivity contribution in [2.75, 3.05) is 13.1 Å². The Morgan fingerprint density at radius 1 is 1.30 bits per heavy atom. The Kier molecular flexibility index (Phi) is 3.16. The number of hydrogen-bond donors (Lipinski definition) is 0. The van der Waals surface area contributed by atoms with Crippen LogP contribution in [0.3, 0.4) is 0 Å². The molecule has 2 fully saturated rings. The van der Waals surface area contributed by atoms with E-state index in [1.807, 2.05) is 18.2 Å². The molecule has 1 amide bonds. The van der Waals surface area contributed by atoms with Gasteiger partial charge in [0.05, 0.1) is 5.41 Å². The Balaban J connectivity index is 1.50. The average Bonchev–Trinajstić information content (AvgIpc) is 3.14. The molecule has 114 valence electrons. The number of nitrogens with zero attached hydrogens (tertiary/aromatic N) is 2. The number of amides is 1. The fraction of sp³-hybridized carbons (Fsp3) is 0.263. The predicted molar refractivity (Wildman–Crippen MR) is 84.0 cm³/mol. The predicted octanol–water partition coefficient (Wildman–Crippen LogP) is 2.73. The lowest BCUT2D eigenvalue weighted by Gasteiger charge is -2.19. The number of benzene rings is 1. The summed E-state index contributed by atoms with van der Waals surface area (Å²) in [5, 5.41) is 0. The molecule has 2 atom stereocenters. The second-order valence-electron chi connectivity index (χ2n) is 6.22. The molecule has 0 radical (unpaired) electrons. The summed E-state index contributed by atoms with van der Waals surface area (Å²) in [6, 6.07) is 11.5. The molecule has 4 rings (SSSR count). The van der Waals surface area contributed by atoms with Crippen molar-refractivity contribution >= 4 is 5.91 Å². The van der Waals surface area contributed by atoms with Crippen molar-refractivity contribution in [1.82, 2.24) is 9.88 Å². The standard InChI is InChI=1S/C19H15FN2O/c20-16-5-3-4-14(10-16)18(23)22-12-15-11-19(15,13-22)8-7-17-6-1-2-9-21-17/h1-6,9-10,15H,11-13H2. The minimum atomic E-state index is -0.384. The smallest absolute Gasteiger partial charge is 0.254 e. The lowest BCUT2D eigenvalue weighted by molar-refractivity contribution is 0.0770. The Bertz CT molecular complexity index is 824. The number of hydrogen-bond acceptors (Lipinski definition) is 2. The van der Waals surface area contributed by atoms with Gasteiger partial charge in [-0.2, -0.15) is 0 Å². The molecule has 2 aromatic rings. The van der Waals surface area contributed by atoms with Crippen LogP contribution in [0.4, 0.5) is 4.39 Å². The van der Waals surface area contributed by atoms with E-state index in [1.165, 1.54) is 12.1 Å². The van der Waals surface area contributed by atoms with E-state index in [4.69, 9.17) is 0 Å². The van der Waals surface area contributed by atoms with Crippen molar-refractivity contribution in [3.05, 3.63) is 65.7 Å². The van der Waals surface area contributed by atoms with Crippen LogP contribution in [-0.2, 0) is 0 Å². The van der Waals surface area contributed by atoms with Gasteiger partial charge in [-0.05, 0) is 48.6 Å². The van der Waals surface area contributed by atoms with Crippen LogP contribution in [0.5, 0.6) is 0 Å².